The van der Waals surface area contributed by atoms with Gasteiger partial charge in [0, 0.05) is 10.9 Å². The number of rotatable bonds is 2. The maximum absolute atomic E-state index is 5.76. The van der Waals surface area contributed by atoms with E-state index in [-0.39, 0.29) is 0 Å². The molecule has 0 radical (unpaired) electrons. The Morgan fingerprint density at radius 3 is 2.42 bits per heavy atom. The maximum atomic E-state index is 5.76. The molecule has 0 N–H and O–H groups in total. The standard InChI is InChI=1S/C8H6Cl4/c9-4-5-1-2-6(10)3-7(5)8(11)12/h1-3,8H,4H2. The molecule has 0 heterocycles. The van der Waals surface area contributed by atoms with Gasteiger partial charge in [-0.3, -0.25) is 0 Å². The highest BCUT2D eigenvalue weighted by atomic mass is 35.5. The normalized spacial score (nSPS) is 10.8. The average Bonchev–Trinajstić information content (AvgIpc) is 2.04. The Morgan fingerprint density at radius 1 is 1.25 bits per heavy atom. The molecule has 0 bridgehead atoms. The quantitative estimate of drug-likeness (QED) is 0.669. The second-order valence-corrected chi connectivity index (χ2v) is 4.08. The van der Waals surface area contributed by atoms with Gasteiger partial charge in [-0.25, -0.2) is 0 Å². The predicted octanol–water partition coefficient (Wildman–Crippen LogP) is 4.56. The van der Waals surface area contributed by atoms with E-state index < -0.39 is 4.84 Å². The van der Waals surface area contributed by atoms with Gasteiger partial charge in [0.25, 0.3) is 0 Å². The van der Waals surface area contributed by atoms with Crippen molar-refractivity contribution in [2.45, 2.75) is 10.7 Å². The van der Waals surface area contributed by atoms with E-state index in [2.05, 4.69) is 0 Å². The van der Waals surface area contributed by atoms with Crippen molar-refractivity contribution in [3.63, 3.8) is 0 Å². The lowest BCUT2D eigenvalue weighted by Crippen LogP contribution is -1.89. The summed E-state index contributed by atoms with van der Waals surface area (Å²) >= 11 is 22.8. The summed E-state index contributed by atoms with van der Waals surface area (Å²) in [6.45, 7) is 0. The molecular formula is C8H6Cl4. The molecule has 0 unspecified atom stereocenters. The second kappa shape index (κ2) is 4.57. The van der Waals surface area contributed by atoms with Crippen molar-refractivity contribution in [3.8, 4) is 0 Å². The Balaban J connectivity index is 3.12. The van der Waals surface area contributed by atoms with Gasteiger partial charge in [-0.05, 0) is 23.3 Å². The summed E-state index contributed by atoms with van der Waals surface area (Å²) in [4.78, 5) is -0.572. The van der Waals surface area contributed by atoms with Gasteiger partial charge >= 0.3 is 0 Å². The van der Waals surface area contributed by atoms with Gasteiger partial charge in [0.05, 0.1) is 0 Å². The molecule has 0 aliphatic rings. The van der Waals surface area contributed by atoms with Crippen LogP contribution in [0.4, 0.5) is 0 Å². The molecular weight excluding hydrogens is 238 g/mol. The van der Waals surface area contributed by atoms with E-state index in [4.69, 9.17) is 46.4 Å². The predicted molar refractivity (Wildman–Crippen MR) is 55.5 cm³/mol. The molecule has 0 aliphatic carbocycles. The smallest absolute Gasteiger partial charge is 0.122 e. The molecule has 0 saturated heterocycles. The van der Waals surface area contributed by atoms with Crippen LogP contribution in [0.1, 0.15) is 16.0 Å². The molecule has 0 aliphatic heterocycles. The largest absolute Gasteiger partial charge is 0.133 e. The second-order valence-electron chi connectivity index (χ2n) is 2.28. The van der Waals surface area contributed by atoms with Crippen LogP contribution in [0.25, 0.3) is 0 Å². The number of alkyl halides is 3. The lowest BCUT2D eigenvalue weighted by Gasteiger charge is -2.07. The average molecular weight is 244 g/mol. The van der Waals surface area contributed by atoms with Crippen molar-refractivity contribution >= 4 is 46.4 Å². The van der Waals surface area contributed by atoms with E-state index in [0.717, 1.165) is 11.1 Å². The van der Waals surface area contributed by atoms with Crippen LogP contribution in [-0.2, 0) is 5.88 Å². The van der Waals surface area contributed by atoms with Gasteiger partial charge in [-0.15, -0.1) is 34.8 Å². The molecule has 4 heteroatoms. The third-order valence-corrected chi connectivity index (χ3v) is 2.48. The van der Waals surface area contributed by atoms with E-state index in [1.165, 1.54) is 0 Å². The Kier molecular flexibility index (Phi) is 3.98. The molecule has 0 nitrogen and oxygen atoms in total. The van der Waals surface area contributed by atoms with E-state index in [0.29, 0.717) is 10.9 Å². The summed E-state index contributed by atoms with van der Waals surface area (Å²) in [5.41, 5.74) is 1.69. The van der Waals surface area contributed by atoms with Gasteiger partial charge in [-0.1, -0.05) is 17.7 Å². The Hall–Kier alpha value is 0.380. The molecule has 0 atom stereocenters. The number of halogens is 4. The highest BCUT2D eigenvalue weighted by Gasteiger charge is 2.09. The molecule has 0 fully saturated rings. The first-order chi connectivity index (χ1) is 5.65. The monoisotopic (exact) mass is 242 g/mol. The SMILES string of the molecule is ClCc1ccc(Cl)cc1C(Cl)Cl. The minimum absolute atomic E-state index is 0.391. The Morgan fingerprint density at radius 2 is 1.92 bits per heavy atom. The van der Waals surface area contributed by atoms with Crippen LogP contribution in [0.15, 0.2) is 18.2 Å². The lowest BCUT2D eigenvalue weighted by atomic mass is 10.1. The fourth-order valence-corrected chi connectivity index (χ4v) is 1.72. The highest BCUT2D eigenvalue weighted by Crippen LogP contribution is 2.30. The van der Waals surface area contributed by atoms with Crippen molar-refractivity contribution in [1.82, 2.24) is 0 Å². The zero-order valence-electron chi connectivity index (χ0n) is 6.03. The Bertz CT molecular complexity index is 270. The van der Waals surface area contributed by atoms with Gasteiger partial charge in [0.15, 0.2) is 0 Å². The molecule has 0 spiro atoms. The van der Waals surface area contributed by atoms with Gasteiger partial charge in [0.1, 0.15) is 4.84 Å². The fourth-order valence-electron chi connectivity index (χ4n) is 0.891. The molecule has 0 aromatic heterocycles. The minimum Gasteiger partial charge on any atom is -0.122 e. The summed E-state index contributed by atoms with van der Waals surface area (Å²) in [5.74, 6) is 0.391. The van der Waals surface area contributed by atoms with Crippen molar-refractivity contribution in [2.75, 3.05) is 0 Å². The minimum atomic E-state index is -0.572. The van der Waals surface area contributed by atoms with Crippen LogP contribution >= 0.6 is 46.4 Å². The van der Waals surface area contributed by atoms with Gasteiger partial charge < -0.3 is 0 Å². The lowest BCUT2D eigenvalue weighted by molar-refractivity contribution is 1.24. The topological polar surface area (TPSA) is 0 Å². The van der Waals surface area contributed by atoms with Crippen molar-refractivity contribution in [1.29, 1.82) is 0 Å². The first-order valence-corrected chi connectivity index (χ1v) is 5.06. The van der Waals surface area contributed by atoms with Crippen molar-refractivity contribution in [3.05, 3.63) is 34.3 Å². The number of benzene rings is 1. The van der Waals surface area contributed by atoms with Gasteiger partial charge in [-0.2, -0.15) is 0 Å². The first-order valence-electron chi connectivity index (χ1n) is 3.27. The summed E-state index contributed by atoms with van der Waals surface area (Å²) in [6.07, 6.45) is 0. The van der Waals surface area contributed by atoms with E-state index in [1.807, 2.05) is 6.07 Å². The zero-order chi connectivity index (χ0) is 9.14. The first kappa shape index (κ1) is 10.5. The number of hydrogen-bond donors (Lipinski definition) is 0. The Labute approximate surface area is 91.4 Å². The van der Waals surface area contributed by atoms with Crippen LogP contribution in [0.5, 0.6) is 0 Å². The molecule has 66 valence electrons. The molecule has 0 saturated carbocycles. The van der Waals surface area contributed by atoms with Crippen LogP contribution in [0, 0.1) is 0 Å². The van der Waals surface area contributed by atoms with E-state index >= 15 is 0 Å². The van der Waals surface area contributed by atoms with Gasteiger partial charge in [0.2, 0.25) is 0 Å². The molecule has 0 amide bonds. The maximum Gasteiger partial charge on any atom is 0.133 e. The number of hydrogen-bond acceptors (Lipinski definition) is 0. The molecule has 12 heavy (non-hydrogen) atoms. The van der Waals surface area contributed by atoms with Crippen LogP contribution in [0.3, 0.4) is 0 Å². The van der Waals surface area contributed by atoms with Crippen LogP contribution < -0.4 is 0 Å². The highest BCUT2D eigenvalue weighted by molar-refractivity contribution is 6.44. The third kappa shape index (κ3) is 2.43. The van der Waals surface area contributed by atoms with E-state index in [9.17, 15) is 0 Å². The summed E-state index contributed by atoms with van der Waals surface area (Å²) in [6, 6.07) is 5.31. The summed E-state index contributed by atoms with van der Waals surface area (Å²) in [7, 11) is 0. The summed E-state index contributed by atoms with van der Waals surface area (Å²) in [5, 5.41) is 0.616. The fraction of sp³-hybridized carbons (Fsp3) is 0.250. The summed E-state index contributed by atoms with van der Waals surface area (Å²) < 4.78 is 0. The van der Waals surface area contributed by atoms with Crippen LogP contribution in [-0.4, -0.2) is 0 Å². The van der Waals surface area contributed by atoms with Crippen molar-refractivity contribution in [2.24, 2.45) is 0 Å². The zero-order valence-corrected chi connectivity index (χ0v) is 9.05. The van der Waals surface area contributed by atoms with E-state index in [1.54, 1.807) is 12.1 Å². The van der Waals surface area contributed by atoms with Crippen LogP contribution in [0.2, 0.25) is 5.02 Å². The molecule has 1 rings (SSSR count). The third-order valence-electron chi connectivity index (χ3n) is 1.49. The van der Waals surface area contributed by atoms with Crippen molar-refractivity contribution < 1.29 is 0 Å². The molecule has 1 aromatic carbocycles. The molecule has 1 aromatic rings.